The Morgan fingerprint density at radius 3 is 2.42 bits per heavy atom. The van der Waals surface area contributed by atoms with Crippen LogP contribution in [0.5, 0.6) is 5.75 Å². The van der Waals surface area contributed by atoms with Gasteiger partial charge in [0.2, 0.25) is 0 Å². The Labute approximate surface area is 184 Å². The summed E-state index contributed by atoms with van der Waals surface area (Å²) in [6, 6.07) is 10.2. The van der Waals surface area contributed by atoms with Crippen molar-refractivity contribution in [2.45, 2.75) is 32.7 Å². The zero-order valence-electron chi connectivity index (χ0n) is 17.3. The fourth-order valence-corrected chi connectivity index (χ4v) is 5.55. The number of alkyl halides is 3. The number of aliphatic imine (C=N–C) groups is 1. The quantitative estimate of drug-likeness (QED) is 0.520. The third-order valence-corrected chi connectivity index (χ3v) is 7.96. The van der Waals surface area contributed by atoms with Crippen LogP contribution in [-0.2, 0) is 10.3 Å². The molecule has 1 amide bonds. The van der Waals surface area contributed by atoms with Gasteiger partial charge >= 0.3 is 184 Å². The third kappa shape index (κ3) is 4.28. The molecular weight excluding hydrogens is 477 g/mol. The first-order chi connectivity index (χ1) is 14.3. The summed E-state index contributed by atoms with van der Waals surface area (Å²) in [5.41, 5.74) is 3.65. The molecule has 1 aliphatic rings. The van der Waals surface area contributed by atoms with E-state index in [4.69, 9.17) is 5.73 Å². The summed E-state index contributed by atoms with van der Waals surface area (Å²) in [6.45, 7) is 4.95. The van der Waals surface area contributed by atoms with E-state index < -0.39 is 38.9 Å². The van der Waals surface area contributed by atoms with Gasteiger partial charge < -0.3 is 0 Å². The van der Waals surface area contributed by atoms with Crippen molar-refractivity contribution in [3.63, 3.8) is 0 Å². The maximum atomic E-state index is 14.9. The van der Waals surface area contributed by atoms with Crippen LogP contribution < -0.4 is 19.2 Å². The Kier molecular flexibility index (Phi) is 5.86. The Balaban J connectivity index is 2.06. The summed E-state index contributed by atoms with van der Waals surface area (Å²) in [5, 5.41) is 0. The fourth-order valence-electron chi connectivity index (χ4n) is 3.43. The molecule has 0 unspecified atom stereocenters. The predicted molar refractivity (Wildman–Crippen MR) is 110 cm³/mol. The summed E-state index contributed by atoms with van der Waals surface area (Å²) in [6.07, 6.45) is -4.82. The SMILES string of the molecule is CN1C(=O)C(C)(C)[C@@](C)(c2cc([As]c3ccccc3OC(F)(F)F)ccc2F)N=C1N. The van der Waals surface area contributed by atoms with Gasteiger partial charge in [0, 0.05) is 0 Å². The van der Waals surface area contributed by atoms with Gasteiger partial charge in [-0.15, -0.1) is 0 Å². The zero-order chi connectivity index (χ0) is 23.2. The zero-order valence-corrected chi connectivity index (χ0v) is 19.2. The molecule has 1 radical (unpaired) electrons. The van der Waals surface area contributed by atoms with Gasteiger partial charge in [-0.25, -0.2) is 0 Å². The number of carbonyl (C=O) groups is 1. The number of hydrogen-bond donors (Lipinski definition) is 1. The van der Waals surface area contributed by atoms with Gasteiger partial charge in [0.25, 0.3) is 0 Å². The van der Waals surface area contributed by atoms with Gasteiger partial charge in [0.15, 0.2) is 0 Å². The van der Waals surface area contributed by atoms with E-state index in [1.54, 1.807) is 39.0 Å². The molecule has 10 heteroatoms. The average Bonchev–Trinajstić information content (AvgIpc) is 2.67. The van der Waals surface area contributed by atoms with Crippen molar-refractivity contribution in [1.29, 1.82) is 0 Å². The summed E-state index contributed by atoms with van der Waals surface area (Å²) < 4.78 is 58.3. The first-order valence-electron chi connectivity index (χ1n) is 9.26. The summed E-state index contributed by atoms with van der Waals surface area (Å²) in [7, 11) is 1.50. The van der Waals surface area contributed by atoms with E-state index in [0.717, 1.165) is 0 Å². The molecular formula is C21H21AsF4N3O2. The number of hydrogen-bond acceptors (Lipinski definition) is 4. The minimum absolute atomic E-state index is 0.0335. The van der Waals surface area contributed by atoms with Gasteiger partial charge in [-0.2, -0.15) is 0 Å². The topological polar surface area (TPSA) is 67.9 Å². The molecule has 31 heavy (non-hydrogen) atoms. The van der Waals surface area contributed by atoms with Crippen molar-refractivity contribution >= 4 is 36.3 Å². The molecule has 1 atom stereocenters. The number of benzene rings is 2. The van der Waals surface area contributed by atoms with Crippen molar-refractivity contribution in [3.8, 4) is 5.75 Å². The number of nitrogens with zero attached hydrogens (tertiary/aromatic N) is 2. The summed E-state index contributed by atoms with van der Waals surface area (Å²) in [5.74, 6) is -1.21. The van der Waals surface area contributed by atoms with E-state index >= 15 is 0 Å². The van der Waals surface area contributed by atoms with Gasteiger partial charge in [-0.1, -0.05) is 0 Å². The van der Waals surface area contributed by atoms with Crippen molar-refractivity contribution in [1.82, 2.24) is 4.90 Å². The van der Waals surface area contributed by atoms with Crippen LogP contribution in [0.4, 0.5) is 17.6 Å². The van der Waals surface area contributed by atoms with Crippen LogP contribution in [0.15, 0.2) is 47.5 Å². The molecule has 0 saturated heterocycles. The van der Waals surface area contributed by atoms with E-state index in [2.05, 4.69) is 9.73 Å². The van der Waals surface area contributed by atoms with E-state index in [-0.39, 0.29) is 23.2 Å². The Morgan fingerprint density at radius 2 is 1.77 bits per heavy atom. The molecule has 0 aliphatic carbocycles. The Hall–Kier alpha value is -2.54. The van der Waals surface area contributed by atoms with Crippen molar-refractivity contribution in [3.05, 3.63) is 53.8 Å². The van der Waals surface area contributed by atoms with E-state index in [1.807, 2.05) is 0 Å². The molecule has 1 heterocycles. The second-order valence-corrected chi connectivity index (χ2v) is 10.4. The van der Waals surface area contributed by atoms with Gasteiger partial charge in [-0.05, 0) is 0 Å². The summed E-state index contributed by atoms with van der Waals surface area (Å²) >= 11 is -0.973. The first-order valence-corrected chi connectivity index (χ1v) is 11.1. The first kappa shape index (κ1) is 23.1. The molecule has 165 valence electrons. The number of para-hydroxylation sites is 1. The van der Waals surface area contributed by atoms with Crippen LogP contribution in [0.3, 0.4) is 0 Å². The second kappa shape index (κ2) is 7.86. The fraction of sp³-hybridized carbons (Fsp3) is 0.333. The predicted octanol–water partition coefficient (Wildman–Crippen LogP) is 2.41. The van der Waals surface area contributed by atoms with Gasteiger partial charge in [-0.3, -0.25) is 0 Å². The number of ether oxygens (including phenoxy) is 1. The molecule has 1 aliphatic heterocycles. The molecule has 5 nitrogen and oxygen atoms in total. The van der Waals surface area contributed by atoms with Gasteiger partial charge in [0.05, 0.1) is 0 Å². The molecule has 2 N–H and O–H groups in total. The van der Waals surface area contributed by atoms with E-state index in [1.165, 1.54) is 36.2 Å². The normalized spacial score (nSPS) is 21.5. The molecule has 2 aromatic carbocycles. The second-order valence-electron chi connectivity index (χ2n) is 7.82. The number of nitrogens with two attached hydrogens (primary N) is 1. The minimum atomic E-state index is -4.82. The Morgan fingerprint density at radius 1 is 1.13 bits per heavy atom. The summed E-state index contributed by atoms with van der Waals surface area (Å²) in [4.78, 5) is 18.5. The van der Waals surface area contributed by atoms with Crippen molar-refractivity contribution in [2.24, 2.45) is 16.1 Å². The third-order valence-electron chi connectivity index (χ3n) is 5.55. The maximum absolute atomic E-state index is 14.9. The number of rotatable bonds is 4. The molecule has 0 aromatic heterocycles. The standard InChI is InChI=1S/C21H21AsF4N3O2/c1-19(2)17(30)29(4)18(27)28-20(19,3)13-11-12(9-10-15(13)23)22-14-7-5-6-8-16(14)31-21(24,25)26/h5-11H,1-4H3,(H2,27,28)/t20-/m1/s1. The average molecular weight is 498 g/mol. The molecule has 0 saturated carbocycles. The molecule has 0 spiro atoms. The van der Waals surface area contributed by atoms with Crippen molar-refractivity contribution in [2.75, 3.05) is 7.05 Å². The van der Waals surface area contributed by atoms with Crippen LogP contribution in [0, 0.1) is 11.2 Å². The Bertz CT molecular complexity index is 1060. The van der Waals surface area contributed by atoms with Crippen molar-refractivity contribution < 1.29 is 27.1 Å². The molecule has 3 rings (SSSR count). The number of amides is 1. The molecule has 0 bridgehead atoms. The monoisotopic (exact) mass is 498 g/mol. The van der Waals surface area contributed by atoms with Crippen LogP contribution >= 0.6 is 0 Å². The molecule has 0 fully saturated rings. The number of guanidine groups is 1. The van der Waals surface area contributed by atoms with Crippen LogP contribution in [0.1, 0.15) is 26.3 Å². The molecule has 2 aromatic rings. The van der Waals surface area contributed by atoms with Crippen LogP contribution in [0.25, 0.3) is 0 Å². The van der Waals surface area contributed by atoms with E-state index in [9.17, 15) is 22.4 Å². The van der Waals surface area contributed by atoms with Crippen LogP contribution in [-0.4, -0.2) is 45.9 Å². The van der Waals surface area contributed by atoms with Crippen LogP contribution in [0.2, 0.25) is 0 Å². The van der Waals surface area contributed by atoms with Gasteiger partial charge in [0.1, 0.15) is 0 Å². The number of carbonyl (C=O) groups excluding carboxylic acids is 1. The van der Waals surface area contributed by atoms with E-state index in [0.29, 0.717) is 8.70 Å². The number of halogens is 4.